The molecule has 15 nitrogen and oxygen atoms in total. The van der Waals surface area contributed by atoms with Crippen LogP contribution in [0.5, 0.6) is 0 Å². The SMILES string of the molecule is C=CCCCOC1OC(COCc2ccccc2)C(OC2OC(COCc3ccccc3)C(OCc3ccccc3)C(OC(=O)CCC(C)=O)C2OC(=O)C(C)(C)C)C(OCc2ccccc2)C1OC(=O)C(C)(C)C. The van der Waals surface area contributed by atoms with E-state index in [4.69, 9.17) is 52.1 Å². The Labute approximate surface area is 442 Å². The van der Waals surface area contributed by atoms with Crippen molar-refractivity contribution in [2.45, 2.75) is 162 Å². The normalized spacial score (nSPS) is 23.9. The molecule has 406 valence electrons. The van der Waals surface area contributed by atoms with E-state index in [1.54, 1.807) is 47.6 Å². The second-order valence-corrected chi connectivity index (χ2v) is 20.9. The molecule has 0 bridgehead atoms. The summed E-state index contributed by atoms with van der Waals surface area (Å²) in [5, 5.41) is 0. The van der Waals surface area contributed by atoms with Crippen molar-refractivity contribution in [3.63, 3.8) is 0 Å². The summed E-state index contributed by atoms with van der Waals surface area (Å²) in [5.41, 5.74) is 1.36. The van der Waals surface area contributed by atoms with Gasteiger partial charge in [-0.1, -0.05) is 127 Å². The molecule has 15 heteroatoms. The van der Waals surface area contributed by atoms with Crippen LogP contribution in [0.2, 0.25) is 0 Å². The molecule has 2 heterocycles. The number of unbranched alkanes of at least 4 members (excludes halogenated alkanes) is 1. The van der Waals surface area contributed by atoms with Crippen LogP contribution in [-0.4, -0.2) is 105 Å². The van der Waals surface area contributed by atoms with Crippen LogP contribution in [0.1, 0.15) is 96.4 Å². The average Bonchev–Trinajstić information content (AvgIpc) is 3.39. The van der Waals surface area contributed by atoms with Gasteiger partial charge in [-0.15, -0.1) is 6.58 Å². The molecular formula is C60H76O15. The number of Topliss-reactive ketones (excluding diaryl/α,β-unsaturated/α-hetero) is 1. The standard InChI is InChI=1S/C60H76O15/c1-9-10-23-34-67-55-53(74-57(63)59(3,4)5)51(69-38-45-30-21-14-22-31-45)50(47(70-55)40-66-36-43-26-17-12-18-27-43)73-56-54(75-58(64)60(6,7)8)52(72-48(62)33-32-41(2)61)49(68-37-44-28-19-13-20-29-44)46(71-56)39-65-35-42-24-15-11-16-25-42/h9,11-22,24-31,46-47,49-56H,1,10,23,32-40H2,2-8H3. The summed E-state index contributed by atoms with van der Waals surface area (Å²) in [6, 6.07) is 38.1. The van der Waals surface area contributed by atoms with Gasteiger partial charge in [0.05, 0.1) is 63.5 Å². The van der Waals surface area contributed by atoms with Crippen molar-refractivity contribution in [3.8, 4) is 0 Å². The summed E-state index contributed by atoms with van der Waals surface area (Å²) in [7, 11) is 0. The molecule has 75 heavy (non-hydrogen) atoms. The van der Waals surface area contributed by atoms with Crippen LogP contribution < -0.4 is 0 Å². The average molecular weight is 1040 g/mol. The lowest BCUT2D eigenvalue weighted by Crippen LogP contribution is -2.67. The number of hydrogen-bond donors (Lipinski definition) is 0. The fraction of sp³-hybridized carbons (Fsp3) is 0.500. The number of hydrogen-bond acceptors (Lipinski definition) is 15. The summed E-state index contributed by atoms with van der Waals surface area (Å²) < 4.78 is 73.1. The van der Waals surface area contributed by atoms with Crippen LogP contribution in [0.4, 0.5) is 0 Å². The lowest BCUT2D eigenvalue weighted by molar-refractivity contribution is -0.369. The van der Waals surface area contributed by atoms with Crippen LogP contribution in [0.15, 0.2) is 134 Å². The predicted molar refractivity (Wildman–Crippen MR) is 278 cm³/mol. The minimum absolute atomic E-state index is 0.0331. The number of benzene rings is 4. The minimum atomic E-state index is -1.57. The molecule has 0 N–H and O–H groups in total. The third kappa shape index (κ3) is 18.6. The number of carbonyl (C=O) groups excluding carboxylic acids is 4. The van der Waals surface area contributed by atoms with Crippen molar-refractivity contribution in [1.29, 1.82) is 0 Å². The van der Waals surface area contributed by atoms with Crippen LogP contribution >= 0.6 is 0 Å². The maximum absolute atomic E-state index is 14.3. The van der Waals surface area contributed by atoms with Gasteiger partial charge in [-0.2, -0.15) is 0 Å². The van der Waals surface area contributed by atoms with Crippen molar-refractivity contribution in [1.82, 2.24) is 0 Å². The Morgan fingerprint density at radius 2 is 0.933 bits per heavy atom. The van der Waals surface area contributed by atoms with E-state index in [0.717, 1.165) is 22.3 Å². The van der Waals surface area contributed by atoms with Gasteiger partial charge < -0.3 is 56.9 Å². The van der Waals surface area contributed by atoms with E-state index in [-0.39, 0.29) is 64.9 Å². The van der Waals surface area contributed by atoms with E-state index in [1.165, 1.54) is 6.92 Å². The Morgan fingerprint density at radius 3 is 1.39 bits per heavy atom. The number of carbonyl (C=O) groups is 4. The predicted octanol–water partition coefficient (Wildman–Crippen LogP) is 9.61. The third-order valence-electron chi connectivity index (χ3n) is 12.3. The smallest absolute Gasteiger partial charge is 0.311 e. The Balaban J connectivity index is 1.49. The van der Waals surface area contributed by atoms with E-state index in [9.17, 15) is 19.2 Å². The molecule has 2 fully saturated rings. The summed E-state index contributed by atoms with van der Waals surface area (Å²) in [6.07, 6.45) is -9.85. The maximum atomic E-state index is 14.3. The van der Waals surface area contributed by atoms with Crippen molar-refractivity contribution >= 4 is 23.7 Å². The highest BCUT2D eigenvalue weighted by Gasteiger charge is 2.57. The number of rotatable bonds is 27. The molecule has 0 radical (unpaired) electrons. The molecular weight excluding hydrogens is 961 g/mol. The summed E-state index contributed by atoms with van der Waals surface area (Å²) in [6.45, 7) is 16.0. The molecule has 0 aromatic heterocycles. The first-order chi connectivity index (χ1) is 36.0. The quantitative estimate of drug-likeness (QED) is 0.0239. The highest BCUT2D eigenvalue weighted by Crippen LogP contribution is 2.38. The fourth-order valence-corrected chi connectivity index (χ4v) is 8.15. The molecule has 2 saturated heterocycles. The van der Waals surface area contributed by atoms with Gasteiger partial charge in [0, 0.05) is 6.42 Å². The lowest BCUT2D eigenvalue weighted by Gasteiger charge is -2.50. The second-order valence-electron chi connectivity index (χ2n) is 20.9. The van der Waals surface area contributed by atoms with Crippen molar-refractivity contribution in [2.24, 2.45) is 10.8 Å². The molecule has 0 saturated carbocycles. The largest absolute Gasteiger partial charge is 0.455 e. The van der Waals surface area contributed by atoms with Crippen molar-refractivity contribution in [3.05, 3.63) is 156 Å². The molecule has 0 aliphatic carbocycles. The first-order valence-corrected chi connectivity index (χ1v) is 25.8. The Hall–Kier alpha value is -5.62. The number of allylic oxidation sites excluding steroid dienone is 1. The molecule has 0 amide bonds. The zero-order valence-corrected chi connectivity index (χ0v) is 44.5. The highest BCUT2D eigenvalue weighted by molar-refractivity contribution is 5.81. The van der Waals surface area contributed by atoms with Gasteiger partial charge in [-0.3, -0.25) is 14.4 Å². The van der Waals surface area contributed by atoms with Gasteiger partial charge in [-0.05, 0) is 83.6 Å². The molecule has 4 aromatic carbocycles. The Bertz CT molecular complexity index is 2350. The Kier molecular flexibility index (Phi) is 22.7. The first kappa shape index (κ1) is 58.6. The Morgan fingerprint density at radius 1 is 0.507 bits per heavy atom. The van der Waals surface area contributed by atoms with E-state index in [1.807, 2.05) is 121 Å². The van der Waals surface area contributed by atoms with Crippen LogP contribution in [0, 0.1) is 10.8 Å². The van der Waals surface area contributed by atoms with Crippen LogP contribution in [-0.2, 0) is 97.7 Å². The van der Waals surface area contributed by atoms with E-state index < -0.39 is 90.1 Å². The lowest BCUT2D eigenvalue weighted by atomic mass is 9.94. The zero-order chi connectivity index (χ0) is 53.8. The van der Waals surface area contributed by atoms with Gasteiger partial charge in [0.15, 0.2) is 30.9 Å². The molecule has 2 aliphatic heterocycles. The minimum Gasteiger partial charge on any atom is -0.455 e. The van der Waals surface area contributed by atoms with Gasteiger partial charge >= 0.3 is 17.9 Å². The maximum Gasteiger partial charge on any atom is 0.311 e. The van der Waals surface area contributed by atoms with Crippen molar-refractivity contribution in [2.75, 3.05) is 19.8 Å². The second kappa shape index (κ2) is 29.0. The molecule has 10 atom stereocenters. The third-order valence-corrected chi connectivity index (χ3v) is 12.3. The summed E-state index contributed by atoms with van der Waals surface area (Å²) >= 11 is 0. The van der Waals surface area contributed by atoms with Gasteiger partial charge in [-0.25, -0.2) is 0 Å². The zero-order valence-electron chi connectivity index (χ0n) is 44.5. The monoisotopic (exact) mass is 1040 g/mol. The molecule has 6 rings (SSSR count). The molecule has 0 spiro atoms. The van der Waals surface area contributed by atoms with Gasteiger partial charge in [0.2, 0.25) is 0 Å². The number of ketones is 1. The molecule has 2 aliphatic rings. The van der Waals surface area contributed by atoms with E-state index in [2.05, 4.69) is 6.58 Å². The molecule has 4 aromatic rings. The summed E-state index contributed by atoms with van der Waals surface area (Å²) in [4.78, 5) is 54.6. The fourth-order valence-electron chi connectivity index (χ4n) is 8.15. The molecule has 10 unspecified atom stereocenters. The van der Waals surface area contributed by atoms with Crippen molar-refractivity contribution < 1.29 is 71.3 Å². The topological polar surface area (TPSA) is 170 Å². The summed E-state index contributed by atoms with van der Waals surface area (Å²) in [5.74, 6) is -2.18. The highest BCUT2D eigenvalue weighted by atomic mass is 16.8. The van der Waals surface area contributed by atoms with Crippen LogP contribution in [0.3, 0.4) is 0 Å². The van der Waals surface area contributed by atoms with Crippen LogP contribution in [0.25, 0.3) is 0 Å². The van der Waals surface area contributed by atoms with E-state index in [0.29, 0.717) is 12.8 Å². The van der Waals surface area contributed by atoms with Gasteiger partial charge in [0.1, 0.15) is 36.3 Å². The van der Waals surface area contributed by atoms with Gasteiger partial charge in [0.25, 0.3) is 0 Å². The number of ether oxygens (including phenoxy) is 11. The number of esters is 3. The first-order valence-electron chi connectivity index (χ1n) is 25.8. The van der Waals surface area contributed by atoms with E-state index >= 15 is 0 Å².